The van der Waals surface area contributed by atoms with Crippen molar-refractivity contribution in [1.82, 2.24) is 20.4 Å². The molecule has 1 saturated heterocycles. The van der Waals surface area contributed by atoms with Crippen molar-refractivity contribution < 1.29 is 4.79 Å². The summed E-state index contributed by atoms with van der Waals surface area (Å²) >= 11 is 0. The number of amides is 1. The topological polar surface area (TPSA) is 61.4 Å². The molecule has 1 aliphatic heterocycles. The number of hydrogen-bond donors (Lipinski definition) is 1. The van der Waals surface area contributed by atoms with E-state index in [0.29, 0.717) is 18.6 Å². The SMILES string of the molecule is CCN(C(=O)CNC1CCCN(c2ccc(C)nn2)C1)C1CC1. The van der Waals surface area contributed by atoms with Crippen LogP contribution in [0.1, 0.15) is 38.3 Å². The first-order valence-corrected chi connectivity index (χ1v) is 8.75. The Morgan fingerprint density at radius 3 is 2.83 bits per heavy atom. The number of anilines is 1. The molecule has 6 heteroatoms. The van der Waals surface area contributed by atoms with Gasteiger partial charge in [0.2, 0.25) is 5.91 Å². The van der Waals surface area contributed by atoms with Crippen LogP contribution < -0.4 is 10.2 Å². The predicted molar refractivity (Wildman–Crippen MR) is 90.4 cm³/mol. The Labute approximate surface area is 138 Å². The number of piperidine rings is 1. The van der Waals surface area contributed by atoms with E-state index in [0.717, 1.165) is 44.0 Å². The molecule has 3 rings (SSSR count). The quantitative estimate of drug-likeness (QED) is 0.858. The number of carbonyl (C=O) groups is 1. The van der Waals surface area contributed by atoms with Gasteiger partial charge in [-0.3, -0.25) is 4.79 Å². The van der Waals surface area contributed by atoms with Crippen molar-refractivity contribution in [3.63, 3.8) is 0 Å². The van der Waals surface area contributed by atoms with Crippen LogP contribution in [-0.4, -0.2) is 59.3 Å². The molecule has 2 aliphatic rings. The molecule has 0 bridgehead atoms. The van der Waals surface area contributed by atoms with Crippen molar-refractivity contribution in [3.05, 3.63) is 17.8 Å². The molecule has 0 aromatic carbocycles. The highest BCUT2D eigenvalue weighted by molar-refractivity contribution is 5.79. The van der Waals surface area contributed by atoms with Crippen molar-refractivity contribution in [3.8, 4) is 0 Å². The fourth-order valence-corrected chi connectivity index (χ4v) is 3.27. The highest BCUT2D eigenvalue weighted by Gasteiger charge is 2.31. The van der Waals surface area contributed by atoms with Crippen molar-refractivity contribution in [1.29, 1.82) is 0 Å². The van der Waals surface area contributed by atoms with Gasteiger partial charge in [-0.1, -0.05) is 0 Å². The Kier molecular flexibility index (Phi) is 5.10. The second kappa shape index (κ2) is 7.25. The molecular formula is C17H27N5O. The molecule has 1 aromatic heterocycles. The Morgan fingerprint density at radius 2 is 2.17 bits per heavy atom. The average Bonchev–Trinajstić information content (AvgIpc) is 3.39. The molecule has 0 spiro atoms. The summed E-state index contributed by atoms with van der Waals surface area (Å²) in [4.78, 5) is 16.6. The maximum atomic E-state index is 12.3. The molecule has 2 fully saturated rings. The number of rotatable bonds is 6. The summed E-state index contributed by atoms with van der Waals surface area (Å²) in [5.74, 6) is 1.17. The number of nitrogens with zero attached hydrogens (tertiary/aromatic N) is 4. The summed E-state index contributed by atoms with van der Waals surface area (Å²) < 4.78 is 0. The van der Waals surface area contributed by atoms with Crippen LogP contribution in [0.15, 0.2) is 12.1 Å². The fraction of sp³-hybridized carbons (Fsp3) is 0.706. The van der Waals surface area contributed by atoms with E-state index in [4.69, 9.17) is 0 Å². The minimum absolute atomic E-state index is 0.238. The lowest BCUT2D eigenvalue weighted by atomic mass is 10.1. The van der Waals surface area contributed by atoms with Crippen LogP contribution in [-0.2, 0) is 4.79 Å². The van der Waals surface area contributed by atoms with Crippen LogP contribution in [0.4, 0.5) is 5.82 Å². The third-order valence-corrected chi connectivity index (χ3v) is 4.72. The van der Waals surface area contributed by atoms with Crippen molar-refractivity contribution in [2.45, 2.75) is 51.6 Å². The van der Waals surface area contributed by atoms with Crippen LogP contribution in [0.2, 0.25) is 0 Å². The molecule has 1 aromatic rings. The Hall–Kier alpha value is -1.69. The lowest BCUT2D eigenvalue weighted by Crippen LogP contribution is -2.49. The average molecular weight is 317 g/mol. The Morgan fingerprint density at radius 1 is 1.35 bits per heavy atom. The van der Waals surface area contributed by atoms with E-state index in [1.54, 1.807) is 0 Å². The smallest absolute Gasteiger partial charge is 0.236 e. The zero-order valence-electron chi connectivity index (χ0n) is 14.2. The summed E-state index contributed by atoms with van der Waals surface area (Å²) in [6.45, 7) is 7.17. The highest BCUT2D eigenvalue weighted by atomic mass is 16.2. The van der Waals surface area contributed by atoms with Gasteiger partial charge in [-0.25, -0.2) is 0 Å². The molecule has 1 saturated carbocycles. The molecule has 126 valence electrons. The Balaban J connectivity index is 1.50. The van der Waals surface area contributed by atoms with E-state index in [1.807, 2.05) is 24.0 Å². The normalized spacial score (nSPS) is 21.3. The van der Waals surface area contributed by atoms with Crippen LogP contribution >= 0.6 is 0 Å². The molecule has 0 radical (unpaired) electrons. The first-order chi connectivity index (χ1) is 11.2. The number of likely N-dealkylation sites (N-methyl/N-ethyl adjacent to an activating group) is 1. The van der Waals surface area contributed by atoms with Crippen molar-refractivity contribution in [2.24, 2.45) is 0 Å². The maximum absolute atomic E-state index is 12.3. The molecule has 1 aliphatic carbocycles. The molecule has 6 nitrogen and oxygen atoms in total. The van der Waals surface area contributed by atoms with Crippen LogP contribution in [0, 0.1) is 6.92 Å². The Bertz CT molecular complexity index is 528. The lowest BCUT2D eigenvalue weighted by Gasteiger charge is -2.34. The fourth-order valence-electron chi connectivity index (χ4n) is 3.27. The largest absolute Gasteiger partial charge is 0.354 e. The molecule has 2 heterocycles. The molecule has 1 atom stereocenters. The third kappa shape index (κ3) is 4.19. The van der Waals surface area contributed by atoms with Gasteiger partial charge in [0.05, 0.1) is 12.2 Å². The second-order valence-electron chi connectivity index (χ2n) is 6.61. The standard InChI is InChI=1S/C17H27N5O/c1-3-22(15-7-8-15)17(23)11-18-14-5-4-10-21(12-14)16-9-6-13(2)19-20-16/h6,9,14-15,18H,3-5,7-8,10-12H2,1-2H3. The van der Waals surface area contributed by atoms with E-state index >= 15 is 0 Å². The first-order valence-electron chi connectivity index (χ1n) is 8.75. The predicted octanol–water partition coefficient (Wildman–Crippen LogP) is 1.35. The third-order valence-electron chi connectivity index (χ3n) is 4.72. The lowest BCUT2D eigenvalue weighted by molar-refractivity contribution is -0.130. The summed E-state index contributed by atoms with van der Waals surface area (Å²) in [5, 5.41) is 11.9. The number of aromatic nitrogens is 2. The highest BCUT2D eigenvalue weighted by Crippen LogP contribution is 2.26. The first kappa shape index (κ1) is 16.2. The summed E-state index contributed by atoms with van der Waals surface area (Å²) in [7, 11) is 0. The molecule has 1 amide bonds. The molecule has 23 heavy (non-hydrogen) atoms. The minimum Gasteiger partial charge on any atom is -0.354 e. The van der Waals surface area contributed by atoms with Gasteiger partial charge in [0, 0.05) is 31.7 Å². The van der Waals surface area contributed by atoms with Gasteiger partial charge in [0.15, 0.2) is 5.82 Å². The second-order valence-corrected chi connectivity index (χ2v) is 6.61. The van der Waals surface area contributed by atoms with Gasteiger partial charge >= 0.3 is 0 Å². The summed E-state index contributed by atoms with van der Waals surface area (Å²) in [6.07, 6.45) is 4.56. The van der Waals surface area contributed by atoms with Crippen molar-refractivity contribution in [2.75, 3.05) is 31.1 Å². The van der Waals surface area contributed by atoms with E-state index in [9.17, 15) is 4.79 Å². The van der Waals surface area contributed by atoms with Gasteiger partial charge in [-0.15, -0.1) is 5.10 Å². The van der Waals surface area contributed by atoms with E-state index in [1.165, 1.54) is 12.8 Å². The maximum Gasteiger partial charge on any atom is 0.236 e. The van der Waals surface area contributed by atoms with E-state index in [2.05, 4.69) is 27.3 Å². The van der Waals surface area contributed by atoms with Crippen LogP contribution in [0.25, 0.3) is 0 Å². The van der Waals surface area contributed by atoms with Crippen LogP contribution in [0.3, 0.4) is 0 Å². The van der Waals surface area contributed by atoms with Crippen LogP contribution in [0.5, 0.6) is 0 Å². The monoisotopic (exact) mass is 317 g/mol. The number of hydrogen-bond acceptors (Lipinski definition) is 5. The zero-order chi connectivity index (χ0) is 16.2. The number of aryl methyl sites for hydroxylation is 1. The van der Waals surface area contributed by atoms with E-state index < -0.39 is 0 Å². The van der Waals surface area contributed by atoms with Gasteiger partial charge < -0.3 is 15.1 Å². The summed E-state index contributed by atoms with van der Waals surface area (Å²) in [6, 6.07) is 4.87. The zero-order valence-corrected chi connectivity index (χ0v) is 14.2. The van der Waals surface area contributed by atoms with Gasteiger partial charge in [-0.05, 0) is 51.7 Å². The van der Waals surface area contributed by atoms with E-state index in [-0.39, 0.29) is 5.91 Å². The number of carbonyl (C=O) groups excluding carboxylic acids is 1. The summed E-state index contributed by atoms with van der Waals surface area (Å²) in [5.41, 5.74) is 0.936. The van der Waals surface area contributed by atoms with Gasteiger partial charge in [-0.2, -0.15) is 5.10 Å². The molecular weight excluding hydrogens is 290 g/mol. The molecule has 1 unspecified atom stereocenters. The minimum atomic E-state index is 0.238. The van der Waals surface area contributed by atoms with Crippen molar-refractivity contribution >= 4 is 11.7 Å². The number of nitrogens with one attached hydrogen (secondary N) is 1. The van der Waals surface area contributed by atoms with Gasteiger partial charge in [0.1, 0.15) is 0 Å². The van der Waals surface area contributed by atoms with Gasteiger partial charge in [0.25, 0.3) is 0 Å². The molecule has 1 N–H and O–H groups in total.